The molecule has 0 aromatic carbocycles. The molecule has 0 aromatic rings. The third-order valence-corrected chi connectivity index (χ3v) is 4.19. The van der Waals surface area contributed by atoms with Gasteiger partial charge in [0.1, 0.15) is 0 Å². The lowest BCUT2D eigenvalue weighted by molar-refractivity contribution is 0.214. The van der Waals surface area contributed by atoms with E-state index < -0.39 is 7.60 Å². The smallest absolute Gasteiger partial charge is 0.308 e. The van der Waals surface area contributed by atoms with Crippen molar-refractivity contribution in [2.75, 3.05) is 13.2 Å². The molecule has 0 aromatic heterocycles. The highest BCUT2D eigenvalue weighted by Gasteiger charge is 2.35. The minimum absolute atomic E-state index is 0.00241. The van der Waals surface area contributed by atoms with Gasteiger partial charge in [-0.05, 0) is 20.3 Å². The van der Waals surface area contributed by atoms with Crippen LogP contribution in [0.2, 0.25) is 0 Å². The van der Waals surface area contributed by atoms with Crippen LogP contribution in [0.5, 0.6) is 0 Å². The Kier molecular flexibility index (Phi) is 3.51. The second-order valence-corrected chi connectivity index (χ2v) is 4.87. The minimum Gasteiger partial charge on any atom is -0.308 e. The molecule has 0 aliphatic heterocycles. The van der Waals surface area contributed by atoms with Gasteiger partial charge in [-0.3, -0.25) is 4.57 Å². The maximum absolute atomic E-state index is 11.9. The summed E-state index contributed by atoms with van der Waals surface area (Å²) in [6.07, 6.45) is 4.69. The van der Waals surface area contributed by atoms with Gasteiger partial charge in [-0.2, -0.15) is 0 Å². The maximum Gasteiger partial charge on any atom is 0.337 e. The second-order valence-electron chi connectivity index (χ2n) is 2.61. The highest BCUT2D eigenvalue weighted by atomic mass is 31.2. The first kappa shape index (κ1) is 9.97. The molecule has 0 heterocycles. The summed E-state index contributed by atoms with van der Waals surface area (Å²) in [5, 5.41) is 0. The summed E-state index contributed by atoms with van der Waals surface area (Å²) in [6, 6.07) is 0. The molecule has 1 aliphatic carbocycles. The van der Waals surface area contributed by atoms with E-state index in [0.29, 0.717) is 13.2 Å². The van der Waals surface area contributed by atoms with Gasteiger partial charge in [0.2, 0.25) is 0 Å². The fraction of sp³-hybridized carbons (Fsp3) is 0.750. The van der Waals surface area contributed by atoms with Crippen LogP contribution in [0.4, 0.5) is 0 Å². The van der Waals surface area contributed by atoms with Crippen molar-refractivity contribution >= 4 is 7.60 Å². The molecule has 0 saturated carbocycles. The van der Waals surface area contributed by atoms with E-state index in [1.54, 1.807) is 0 Å². The van der Waals surface area contributed by atoms with Gasteiger partial charge in [-0.25, -0.2) is 0 Å². The molecule has 12 heavy (non-hydrogen) atoms. The van der Waals surface area contributed by atoms with Gasteiger partial charge in [0.15, 0.2) is 0 Å². The number of hydrogen-bond donors (Lipinski definition) is 0. The third-order valence-electron chi connectivity index (χ3n) is 1.76. The lowest BCUT2D eigenvalue weighted by Crippen LogP contribution is -2.15. The number of rotatable bonds is 5. The first-order valence-corrected chi connectivity index (χ1v) is 5.89. The van der Waals surface area contributed by atoms with Crippen molar-refractivity contribution < 1.29 is 13.6 Å². The molecule has 0 radical (unpaired) electrons. The molecule has 0 bridgehead atoms. The maximum atomic E-state index is 11.9. The zero-order valence-electron chi connectivity index (χ0n) is 7.53. The summed E-state index contributed by atoms with van der Waals surface area (Å²) in [5.41, 5.74) is -0.00241. The summed E-state index contributed by atoms with van der Waals surface area (Å²) in [4.78, 5) is 0. The minimum atomic E-state index is -2.81. The van der Waals surface area contributed by atoms with Crippen LogP contribution in [-0.4, -0.2) is 18.9 Å². The molecule has 1 rings (SSSR count). The van der Waals surface area contributed by atoms with E-state index in [4.69, 9.17) is 9.05 Å². The Morgan fingerprint density at radius 3 is 2.17 bits per heavy atom. The molecule has 0 N–H and O–H groups in total. The Labute approximate surface area is 73.3 Å². The average Bonchev–Trinajstić information content (AvgIpc) is 1.82. The van der Waals surface area contributed by atoms with Crippen molar-refractivity contribution in [2.45, 2.75) is 25.9 Å². The van der Waals surface area contributed by atoms with Crippen LogP contribution in [-0.2, 0) is 13.6 Å². The van der Waals surface area contributed by atoms with E-state index in [0.717, 1.165) is 6.42 Å². The molecule has 1 unspecified atom stereocenters. The lowest BCUT2D eigenvalue weighted by Gasteiger charge is -2.26. The van der Waals surface area contributed by atoms with Crippen LogP contribution in [0.3, 0.4) is 0 Å². The summed E-state index contributed by atoms with van der Waals surface area (Å²) in [7, 11) is -2.81. The van der Waals surface area contributed by atoms with Crippen LogP contribution in [0.25, 0.3) is 0 Å². The van der Waals surface area contributed by atoms with E-state index in [-0.39, 0.29) is 5.66 Å². The van der Waals surface area contributed by atoms with Gasteiger partial charge in [-0.1, -0.05) is 12.2 Å². The highest BCUT2D eigenvalue weighted by Crippen LogP contribution is 2.56. The molecule has 0 amide bonds. The summed E-state index contributed by atoms with van der Waals surface area (Å²) >= 11 is 0. The Morgan fingerprint density at radius 2 is 1.92 bits per heavy atom. The van der Waals surface area contributed by atoms with Crippen molar-refractivity contribution in [1.82, 2.24) is 0 Å². The van der Waals surface area contributed by atoms with Gasteiger partial charge in [0.05, 0.1) is 18.9 Å². The van der Waals surface area contributed by atoms with E-state index in [1.807, 2.05) is 26.0 Å². The SMILES string of the molecule is CCOP(=O)(OCC)C1C=CC1. The molecule has 4 heteroatoms. The molecule has 0 spiro atoms. The van der Waals surface area contributed by atoms with Crippen molar-refractivity contribution in [3.05, 3.63) is 12.2 Å². The highest BCUT2D eigenvalue weighted by molar-refractivity contribution is 7.55. The van der Waals surface area contributed by atoms with Crippen LogP contribution in [0.15, 0.2) is 12.2 Å². The largest absolute Gasteiger partial charge is 0.337 e. The van der Waals surface area contributed by atoms with Crippen molar-refractivity contribution in [3.8, 4) is 0 Å². The number of hydrogen-bond acceptors (Lipinski definition) is 3. The first-order valence-electron chi connectivity index (χ1n) is 4.28. The third kappa shape index (κ3) is 1.98. The molecule has 1 atom stereocenters. The van der Waals surface area contributed by atoms with E-state index in [1.165, 1.54) is 0 Å². The summed E-state index contributed by atoms with van der Waals surface area (Å²) in [6.45, 7) is 4.55. The van der Waals surface area contributed by atoms with Crippen molar-refractivity contribution in [2.24, 2.45) is 0 Å². The Balaban J connectivity index is 2.57. The van der Waals surface area contributed by atoms with Crippen LogP contribution < -0.4 is 0 Å². The molecule has 0 fully saturated rings. The molecule has 3 nitrogen and oxygen atoms in total. The Bertz CT molecular complexity index is 202. The molecular weight excluding hydrogens is 175 g/mol. The van der Waals surface area contributed by atoms with Gasteiger partial charge < -0.3 is 9.05 Å². The van der Waals surface area contributed by atoms with Gasteiger partial charge in [0.25, 0.3) is 0 Å². The normalized spacial score (nSPS) is 22.3. The zero-order chi connectivity index (χ0) is 9.03. The molecular formula is C8H15O3P. The standard InChI is InChI=1S/C8H15O3P/c1-3-10-12(9,11-4-2)8-6-5-7-8/h5-6,8H,3-4,7H2,1-2H3. The van der Waals surface area contributed by atoms with E-state index >= 15 is 0 Å². The predicted molar refractivity (Wildman–Crippen MR) is 48.4 cm³/mol. The van der Waals surface area contributed by atoms with Crippen LogP contribution in [0.1, 0.15) is 20.3 Å². The predicted octanol–water partition coefficient (Wildman–Crippen LogP) is 2.58. The quantitative estimate of drug-likeness (QED) is 0.493. The zero-order valence-corrected chi connectivity index (χ0v) is 8.42. The Morgan fingerprint density at radius 1 is 1.42 bits per heavy atom. The van der Waals surface area contributed by atoms with Crippen LogP contribution >= 0.6 is 7.60 Å². The summed E-state index contributed by atoms with van der Waals surface area (Å²) < 4.78 is 22.2. The average molecular weight is 190 g/mol. The van der Waals surface area contributed by atoms with Gasteiger partial charge >= 0.3 is 7.60 Å². The van der Waals surface area contributed by atoms with E-state index in [9.17, 15) is 4.57 Å². The molecule has 1 aliphatic rings. The van der Waals surface area contributed by atoms with E-state index in [2.05, 4.69) is 0 Å². The van der Waals surface area contributed by atoms with Gasteiger partial charge in [0, 0.05) is 0 Å². The van der Waals surface area contributed by atoms with Crippen molar-refractivity contribution in [3.63, 3.8) is 0 Å². The monoisotopic (exact) mass is 190 g/mol. The first-order chi connectivity index (χ1) is 5.73. The fourth-order valence-electron chi connectivity index (χ4n) is 1.08. The molecule has 70 valence electrons. The molecule has 0 saturated heterocycles. The topological polar surface area (TPSA) is 35.5 Å². The van der Waals surface area contributed by atoms with Gasteiger partial charge in [-0.15, -0.1) is 0 Å². The number of allylic oxidation sites excluding steroid dienone is 2. The lowest BCUT2D eigenvalue weighted by atomic mass is 10.1. The second kappa shape index (κ2) is 4.22. The van der Waals surface area contributed by atoms with Crippen molar-refractivity contribution in [1.29, 1.82) is 0 Å². The van der Waals surface area contributed by atoms with Crippen LogP contribution in [0, 0.1) is 0 Å². The fourth-order valence-corrected chi connectivity index (χ4v) is 2.97. The summed E-state index contributed by atoms with van der Waals surface area (Å²) in [5.74, 6) is 0. The Hall–Kier alpha value is -0.110.